The van der Waals surface area contributed by atoms with Crippen LogP contribution in [0.15, 0.2) is 47.1 Å². The predicted octanol–water partition coefficient (Wildman–Crippen LogP) is 4.23. The molecule has 9 heteroatoms. The van der Waals surface area contributed by atoms with E-state index in [-0.39, 0.29) is 17.6 Å². The molecule has 146 valence electrons. The average Bonchev–Trinajstić information content (AvgIpc) is 3.37. The van der Waals surface area contributed by atoms with E-state index in [1.165, 1.54) is 17.6 Å². The third kappa shape index (κ3) is 4.76. The Kier molecular flexibility index (Phi) is 6.43. The van der Waals surface area contributed by atoms with Crippen LogP contribution in [-0.2, 0) is 4.79 Å². The quantitative estimate of drug-likeness (QED) is 0.598. The zero-order valence-corrected chi connectivity index (χ0v) is 16.9. The second-order valence-corrected chi connectivity index (χ2v) is 7.64. The van der Waals surface area contributed by atoms with Crippen molar-refractivity contribution < 1.29 is 14.0 Å². The number of carbonyl (C=O) groups is 2. The molecule has 0 aliphatic heterocycles. The zero-order valence-electron chi connectivity index (χ0n) is 15.3. The van der Waals surface area contributed by atoms with Crippen molar-refractivity contribution in [1.82, 2.24) is 15.5 Å². The van der Waals surface area contributed by atoms with Gasteiger partial charge in [-0.25, -0.2) is 0 Å². The first-order valence-corrected chi connectivity index (χ1v) is 9.92. The maximum atomic E-state index is 12.8. The fourth-order valence-corrected chi connectivity index (χ4v) is 3.45. The maximum absolute atomic E-state index is 12.8. The second-order valence-electron chi connectivity index (χ2n) is 6.23. The molecule has 0 saturated heterocycles. The van der Waals surface area contributed by atoms with E-state index in [0.29, 0.717) is 21.6 Å². The van der Waals surface area contributed by atoms with Gasteiger partial charge >= 0.3 is 0 Å². The summed E-state index contributed by atoms with van der Waals surface area (Å²) in [5, 5.41) is 15.2. The van der Waals surface area contributed by atoms with Crippen molar-refractivity contribution in [2.24, 2.45) is 5.92 Å². The van der Waals surface area contributed by atoms with E-state index in [9.17, 15) is 9.59 Å². The number of furan rings is 1. The van der Waals surface area contributed by atoms with E-state index in [0.717, 1.165) is 5.56 Å². The molecule has 2 amide bonds. The van der Waals surface area contributed by atoms with Crippen molar-refractivity contribution in [2.75, 3.05) is 5.32 Å². The molecule has 7 nitrogen and oxygen atoms in total. The van der Waals surface area contributed by atoms with Crippen LogP contribution in [0.4, 0.5) is 5.13 Å². The van der Waals surface area contributed by atoms with Crippen LogP contribution in [-0.4, -0.2) is 28.1 Å². The number of rotatable bonds is 7. The summed E-state index contributed by atoms with van der Waals surface area (Å²) in [7, 11) is 0. The molecule has 0 fully saturated rings. The lowest BCUT2D eigenvalue weighted by Crippen LogP contribution is -2.47. The Morgan fingerprint density at radius 1 is 1.25 bits per heavy atom. The van der Waals surface area contributed by atoms with E-state index in [4.69, 9.17) is 16.0 Å². The Hall–Kier alpha value is -2.71. The van der Waals surface area contributed by atoms with Gasteiger partial charge in [-0.2, -0.15) is 0 Å². The van der Waals surface area contributed by atoms with Gasteiger partial charge in [0.15, 0.2) is 5.76 Å². The van der Waals surface area contributed by atoms with Gasteiger partial charge < -0.3 is 9.73 Å². The number of halogens is 1. The summed E-state index contributed by atoms with van der Waals surface area (Å²) in [6.45, 7) is 3.84. The lowest BCUT2D eigenvalue weighted by atomic mass is 9.98. The summed E-state index contributed by atoms with van der Waals surface area (Å²) < 4.78 is 5.09. The number of anilines is 1. The van der Waals surface area contributed by atoms with Crippen molar-refractivity contribution >= 4 is 39.9 Å². The summed E-state index contributed by atoms with van der Waals surface area (Å²) in [6.07, 6.45) is 2.12. The molecule has 2 aromatic heterocycles. The minimum Gasteiger partial charge on any atom is -0.459 e. The third-order valence-corrected chi connectivity index (χ3v) is 5.38. The molecule has 0 aliphatic carbocycles. The number of nitrogens with zero attached hydrogens (tertiary/aromatic N) is 2. The number of carbonyl (C=O) groups excluding carboxylic acids is 2. The second kappa shape index (κ2) is 8.99. The highest BCUT2D eigenvalue weighted by atomic mass is 35.5. The number of benzene rings is 1. The molecule has 2 atom stereocenters. The standard InChI is InChI=1S/C19H19ClN4O3S/c1-3-11(2)15(21-16(25)14-8-5-9-27-14)17(26)22-19-24-23-18(28-19)12-6-4-7-13(20)10-12/h4-11,15H,3H2,1-2H3,(H,21,25)(H,22,24,26). The van der Waals surface area contributed by atoms with Gasteiger partial charge in [0.2, 0.25) is 11.0 Å². The first-order chi connectivity index (χ1) is 13.5. The maximum Gasteiger partial charge on any atom is 0.287 e. The highest BCUT2D eigenvalue weighted by Crippen LogP contribution is 2.28. The lowest BCUT2D eigenvalue weighted by molar-refractivity contribution is -0.119. The van der Waals surface area contributed by atoms with E-state index >= 15 is 0 Å². The van der Waals surface area contributed by atoms with Gasteiger partial charge in [0.1, 0.15) is 11.0 Å². The Morgan fingerprint density at radius 2 is 2.07 bits per heavy atom. The zero-order chi connectivity index (χ0) is 20.1. The molecular formula is C19H19ClN4O3S. The molecule has 3 aromatic rings. The molecule has 28 heavy (non-hydrogen) atoms. The van der Waals surface area contributed by atoms with Gasteiger partial charge in [-0.1, -0.05) is 55.3 Å². The van der Waals surface area contributed by atoms with E-state index in [2.05, 4.69) is 20.8 Å². The Labute approximate surface area is 171 Å². The minimum absolute atomic E-state index is 0.0840. The smallest absolute Gasteiger partial charge is 0.287 e. The summed E-state index contributed by atoms with van der Waals surface area (Å²) in [5.74, 6) is -0.732. The van der Waals surface area contributed by atoms with Crippen molar-refractivity contribution in [3.8, 4) is 10.6 Å². The van der Waals surface area contributed by atoms with E-state index < -0.39 is 11.9 Å². The van der Waals surface area contributed by atoms with Gasteiger partial charge in [0.05, 0.1) is 6.26 Å². The molecular weight excluding hydrogens is 400 g/mol. The normalized spacial score (nSPS) is 13.0. The number of nitrogens with one attached hydrogen (secondary N) is 2. The van der Waals surface area contributed by atoms with Crippen LogP contribution in [0.5, 0.6) is 0 Å². The van der Waals surface area contributed by atoms with Gasteiger partial charge in [-0.15, -0.1) is 10.2 Å². The van der Waals surface area contributed by atoms with E-state index in [1.807, 2.05) is 26.0 Å². The molecule has 2 unspecified atom stereocenters. The number of hydrogen-bond acceptors (Lipinski definition) is 6. The fraction of sp³-hybridized carbons (Fsp3) is 0.263. The Bertz CT molecular complexity index is 958. The summed E-state index contributed by atoms with van der Waals surface area (Å²) >= 11 is 7.24. The summed E-state index contributed by atoms with van der Waals surface area (Å²) in [4.78, 5) is 25.1. The Morgan fingerprint density at radius 3 is 2.75 bits per heavy atom. The van der Waals surface area contributed by atoms with Gasteiger partial charge in [-0.05, 0) is 30.2 Å². The van der Waals surface area contributed by atoms with Crippen LogP contribution in [0.3, 0.4) is 0 Å². The van der Waals surface area contributed by atoms with Crippen LogP contribution in [0.1, 0.15) is 30.8 Å². The van der Waals surface area contributed by atoms with Crippen molar-refractivity contribution in [3.63, 3.8) is 0 Å². The lowest BCUT2D eigenvalue weighted by Gasteiger charge is -2.22. The molecule has 0 bridgehead atoms. The molecule has 0 saturated carbocycles. The number of amides is 2. The molecule has 0 aliphatic rings. The minimum atomic E-state index is -0.735. The van der Waals surface area contributed by atoms with Gasteiger partial charge in [0, 0.05) is 10.6 Å². The molecule has 2 N–H and O–H groups in total. The van der Waals surface area contributed by atoms with Crippen LogP contribution in [0, 0.1) is 5.92 Å². The molecule has 2 heterocycles. The van der Waals surface area contributed by atoms with Crippen molar-refractivity contribution in [1.29, 1.82) is 0 Å². The summed E-state index contributed by atoms with van der Waals surface area (Å²) in [6, 6.07) is 9.66. The predicted molar refractivity (Wildman–Crippen MR) is 108 cm³/mol. The van der Waals surface area contributed by atoms with Crippen LogP contribution >= 0.6 is 22.9 Å². The SMILES string of the molecule is CCC(C)C(NC(=O)c1ccco1)C(=O)Nc1nnc(-c2cccc(Cl)c2)s1. The van der Waals surface area contributed by atoms with Crippen molar-refractivity contribution in [2.45, 2.75) is 26.3 Å². The van der Waals surface area contributed by atoms with Crippen LogP contribution in [0.2, 0.25) is 5.02 Å². The molecule has 0 spiro atoms. The fourth-order valence-electron chi connectivity index (χ4n) is 2.52. The largest absolute Gasteiger partial charge is 0.459 e. The first kappa shape index (κ1) is 20.0. The van der Waals surface area contributed by atoms with Gasteiger partial charge in [0.25, 0.3) is 5.91 Å². The Balaban J connectivity index is 1.72. The molecule has 1 aromatic carbocycles. The summed E-state index contributed by atoms with van der Waals surface area (Å²) in [5.41, 5.74) is 0.815. The molecule has 0 radical (unpaired) electrons. The average molecular weight is 419 g/mol. The number of aromatic nitrogens is 2. The monoisotopic (exact) mass is 418 g/mol. The first-order valence-electron chi connectivity index (χ1n) is 8.72. The molecule has 3 rings (SSSR count). The van der Waals surface area contributed by atoms with Crippen LogP contribution < -0.4 is 10.6 Å². The van der Waals surface area contributed by atoms with E-state index in [1.54, 1.807) is 24.3 Å². The number of hydrogen-bond donors (Lipinski definition) is 2. The highest BCUT2D eigenvalue weighted by Gasteiger charge is 2.28. The highest BCUT2D eigenvalue weighted by molar-refractivity contribution is 7.18. The van der Waals surface area contributed by atoms with Crippen molar-refractivity contribution in [3.05, 3.63) is 53.4 Å². The van der Waals surface area contributed by atoms with Gasteiger partial charge in [-0.3, -0.25) is 14.9 Å². The van der Waals surface area contributed by atoms with Crippen LogP contribution in [0.25, 0.3) is 10.6 Å². The third-order valence-electron chi connectivity index (χ3n) is 4.25. The topological polar surface area (TPSA) is 97.1 Å².